The Morgan fingerprint density at radius 2 is 2.04 bits per heavy atom. The molecule has 7 heteroatoms. The van der Waals surface area contributed by atoms with Crippen molar-refractivity contribution in [2.24, 2.45) is 0 Å². The van der Waals surface area contributed by atoms with E-state index >= 15 is 0 Å². The Balaban J connectivity index is 2.03. The van der Waals surface area contributed by atoms with Crippen LogP contribution in [0.1, 0.15) is 18.2 Å². The van der Waals surface area contributed by atoms with Crippen molar-refractivity contribution in [2.75, 3.05) is 6.54 Å². The molecule has 2 aromatic rings. The largest absolute Gasteiger partial charge is 0.317 e. The van der Waals surface area contributed by atoms with E-state index in [4.69, 9.17) is 23.8 Å². The molecule has 25 heavy (non-hydrogen) atoms. The van der Waals surface area contributed by atoms with Crippen LogP contribution in [0.5, 0.6) is 0 Å². The molecule has 0 saturated carbocycles. The van der Waals surface area contributed by atoms with E-state index < -0.39 is 11.8 Å². The average Bonchev–Trinajstić information content (AvgIpc) is 3.02. The van der Waals surface area contributed by atoms with Crippen LogP contribution in [-0.2, 0) is 9.59 Å². The SMILES string of the molecule is CCN1C(=O)/C(=C/c2cccn2-c2ccc(C)c(Cl)c2)C(=O)NC1=S. The summed E-state index contributed by atoms with van der Waals surface area (Å²) in [5, 5.41) is 3.33. The zero-order valence-electron chi connectivity index (χ0n) is 13.7. The summed E-state index contributed by atoms with van der Waals surface area (Å²) in [7, 11) is 0. The minimum Gasteiger partial charge on any atom is -0.317 e. The van der Waals surface area contributed by atoms with Gasteiger partial charge in [-0.25, -0.2) is 0 Å². The highest BCUT2D eigenvalue weighted by molar-refractivity contribution is 7.80. The van der Waals surface area contributed by atoms with Gasteiger partial charge in [0.25, 0.3) is 11.8 Å². The van der Waals surface area contributed by atoms with Gasteiger partial charge in [0.05, 0.1) is 0 Å². The van der Waals surface area contributed by atoms with Gasteiger partial charge in [-0.1, -0.05) is 17.7 Å². The van der Waals surface area contributed by atoms with Crippen LogP contribution in [-0.4, -0.2) is 32.9 Å². The molecule has 1 aromatic heterocycles. The molecule has 1 N–H and O–H groups in total. The maximum absolute atomic E-state index is 12.5. The second-order valence-corrected chi connectivity index (χ2v) is 6.40. The molecule has 1 fully saturated rings. The van der Waals surface area contributed by atoms with Crippen molar-refractivity contribution < 1.29 is 9.59 Å². The summed E-state index contributed by atoms with van der Waals surface area (Å²) >= 11 is 11.2. The number of thiocarbonyl (C=S) groups is 1. The van der Waals surface area contributed by atoms with Crippen molar-refractivity contribution in [3.63, 3.8) is 0 Å². The summed E-state index contributed by atoms with van der Waals surface area (Å²) in [5.41, 5.74) is 2.57. The topological polar surface area (TPSA) is 54.3 Å². The monoisotopic (exact) mass is 373 g/mol. The molecule has 1 aliphatic heterocycles. The lowest BCUT2D eigenvalue weighted by atomic mass is 10.1. The van der Waals surface area contributed by atoms with Crippen LogP contribution in [0.3, 0.4) is 0 Å². The molecule has 0 radical (unpaired) electrons. The minimum atomic E-state index is -0.491. The van der Waals surface area contributed by atoms with Gasteiger partial charge in [-0.05, 0) is 62.0 Å². The minimum absolute atomic E-state index is 0.0496. The standard InChI is InChI=1S/C18H16ClN3O2S/c1-3-21-17(24)14(16(23)20-18(21)25)9-12-5-4-8-22(12)13-7-6-11(2)15(19)10-13/h4-10H,3H2,1-2H3,(H,20,23,25)/b14-9+. The molecule has 0 atom stereocenters. The molecule has 1 saturated heterocycles. The van der Waals surface area contributed by atoms with E-state index in [1.807, 2.05) is 48.0 Å². The number of nitrogens with zero attached hydrogens (tertiary/aromatic N) is 2. The number of aromatic nitrogens is 1. The number of hydrogen-bond acceptors (Lipinski definition) is 3. The highest BCUT2D eigenvalue weighted by atomic mass is 35.5. The highest BCUT2D eigenvalue weighted by Crippen LogP contribution is 2.23. The molecule has 1 aliphatic rings. The zero-order chi connectivity index (χ0) is 18.1. The van der Waals surface area contributed by atoms with Crippen molar-refractivity contribution in [1.82, 2.24) is 14.8 Å². The van der Waals surface area contributed by atoms with Crippen molar-refractivity contribution in [3.8, 4) is 5.69 Å². The molecule has 2 heterocycles. The van der Waals surface area contributed by atoms with E-state index in [0.29, 0.717) is 17.3 Å². The molecular weight excluding hydrogens is 358 g/mol. The van der Waals surface area contributed by atoms with Gasteiger partial charge in [-0.15, -0.1) is 0 Å². The van der Waals surface area contributed by atoms with E-state index in [0.717, 1.165) is 11.3 Å². The Morgan fingerprint density at radius 3 is 2.72 bits per heavy atom. The lowest BCUT2D eigenvalue weighted by Crippen LogP contribution is -2.53. The molecule has 0 unspecified atom stereocenters. The Bertz CT molecular complexity index is 917. The van der Waals surface area contributed by atoms with Crippen LogP contribution in [0.15, 0.2) is 42.1 Å². The number of halogens is 1. The van der Waals surface area contributed by atoms with Gasteiger partial charge in [0.15, 0.2) is 5.11 Å². The molecule has 5 nitrogen and oxygen atoms in total. The van der Waals surface area contributed by atoms with Crippen molar-refractivity contribution in [2.45, 2.75) is 13.8 Å². The second kappa shape index (κ2) is 6.82. The van der Waals surface area contributed by atoms with Gasteiger partial charge in [0, 0.05) is 29.1 Å². The Hall–Kier alpha value is -2.44. The normalized spacial score (nSPS) is 16.5. The van der Waals surface area contributed by atoms with Gasteiger partial charge in [-0.3, -0.25) is 19.8 Å². The molecule has 128 valence electrons. The summed E-state index contributed by atoms with van der Waals surface area (Å²) in [4.78, 5) is 26.1. The number of benzene rings is 1. The van der Waals surface area contributed by atoms with E-state index in [9.17, 15) is 9.59 Å². The molecule has 3 rings (SSSR count). The van der Waals surface area contributed by atoms with E-state index in [-0.39, 0.29) is 10.7 Å². The smallest absolute Gasteiger partial charge is 0.265 e. The third kappa shape index (κ3) is 3.23. The van der Waals surface area contributed by atoms with Gasteiger partial charge >= 0.3 is 0 Å². The maximum Gasteiger partial charge on any atom is 0.265 e. The third-order valence-electron chi connectivity index (χ3n) is 4.01. The fourth-order valence-electron chi connectivity index (χ4n) is 2.61. The number of likely N-dealkylation sites (N-methyl/N-ethyl adjacent to an activating group) is 1. The quantitative estimate of drug-likeness (QED) is 0.511. The van der Waals surface area contributed by atoms with Crippen LogP contribution < -0.4 is 5.32 Å². The number of amides is 2. The fraction of sp³-hybridized carbons (Fsp3) is 0.167. The molecule has 2 amide bonds. The predicted molar refractivity (Wildman–Crippen MR) is 102 cm³/mol. The maximum atomic E-state index is 12.5. The predicted octanol–water partition coefficient (Wildman–Crippen LogP) is 3.09. The summed E-state index contributed by atoms with van der Waals surface area (Å²) in [5.74, 6) is -0.889. The first kappa shape index (κ1) is 17.4. The van der Waals surface area contributed by atoms with Gasteiger partial charge in [-0.2, -0.15) is 0 Å². The first-order valence-corrected chi connectivity index (χ1v) is 8.53. The van der Waals surface area contributed by atoms with E-state index in [1.54, 1.807) is 13.0 Å². The highest BCUT2D eigenvalue weighted by Gasteiger charge is 2.32. The fourth-order valence-corrected chi connectivity index (χ4v) is 3.09. The lowest BCUT2D eigenvalue weighted by molar-refractivity contribution is -0.128. The van der Waals surface area contributed by atoms with Crippen LogP contribution >= 0.6 is 23.8 Å². The summed E-state index contributed by atoms with van der Waals surface area (Å²) in [6, 6.07) is 9.36. The first-order chi connectivity index (χ1) is 11.9. The van der Waals surface area contributed by atoms with Gasteiger partial charge in [0.2, 0.25) is 0 Å². The molecule has 0 bridgehead atoms. The lowest BCUT2D eigenvalue weighted by Gasteiger charge is -2.27. The number of nitrogens with one attached hydrogen (secondary N) is 1. The molecule has 1 aromatic carbocycles. The summed E-state index contributed by atoms with van der Waals surface area (Å²) < 4.78 is 1.86. The van der Waals surface area contributed by atoms with E-state index in [1.165, 1.54) is 4.90 Å². The Morgan fingerprint density at radius 1 is 1.28 bits per heavy atom. The van der Waals surface area contributed by atoms with Crippen molar-refractivity contribution in [3.05, 3.63) is 58.4 Å². The third-order valence-corrected chi connectivity index (χ3v) is 4.74. The van der Waals surface area contributed by atoms with Gasteiger partial charge in [0.1, 0.15) is 5.57 Å². The molecule has 0 aliphatic carbocycles. The first-order valence-electron chi connectivity index (χ1n) is 7.75. The summed E-state index contributed by atoms with van der Waals surface area (Å²) in [6.07, 6.45) is 3.41. The van der Waals surface area contributed by atoms with Gasteiger partial charge < -0.3 is 4.57 Å². The number of aryl methyl sites for hydroxylation is 1. The molecule has 0 spiro atoms. The van der Waals surface area contributed by atoms with Crippen LogP contribution in [0.25, 0.3) is 11.8 Å². The van der Waals surface area contributed by atoms with Crippen LogP contribution in [0.4, 0.5) is 0 Å². The van der Waals surface area contributed by atoms with E-state index in [2.05, 4.69) is 5.32 Å². The second-order valence-electron chi connectivity index (χ2n) is 5.60. The Labute approximate surface area is 155 Å². The number of carbonyl (C=O) groups is 2. The average molecular weight is 374 g/mol. The number of carbonyl (C=O) groups excluding carboxylic acids is 2. The molecular formula is C18H16ClN3O2S. The van der Waals surface area contributed by atoms with Crippen molar-refractivity contribution >= 4 is 46.8 Å². The van der Waals surface area contributed by atoms with Crippen molar-refractivity contribution in [1.29, 1.82) is 0 Å². The van der Waals surface area contributed by atoms with Crippen LogP contribution in [0, 0.1) is 6.92 Å². The Kier molecular flexibility index (Phi) is 4.74. The zero-order valence-corrected chi connectivity index (χ0v) is 15.3. The number of rotatable bonds is 3. The van der Waals surface area contributed by atoms with Crippen LogP contribution in [0.2, 0.25) is 5.02 Å². The number of hydrogen-bond donors (Lipinski definition) is 1. The summed E-state index contributed by atoms with van der Waals surface area (Å²) in [6.45, 7) is 4.12.